The minimum atomic E-state index is -0.228. The summed E-state index contributed by atoms with van der Waals surface area (Å²) in [5.41, 5.74) is 0.447. The molecule has 1 aromatic heterocycles. The lowest BCUT2D eigenvalue weighted by molar-refractivity contribution is 0.0951. The van der Waals surface area contributed by atoms with Crippen LogP contribution in [0.3, 0.4) is 0 Å². The number of aliphatic hydroxyl groups is 1. The summed E-state index contributed by atoms with van der Waals surface area (Å²) in [4.78, 5) is 15.6. The van der Waals surface area contributed by atoms with Gasteiger partial charge in [0, 0.05) is 25.8 Å². The molecule has 1 rings (SSSR count). The summed E-state index contributed by atoms with van der Waals surface area (Å²) in [6.07, 6.45) is 0.531. The van der Waals surface area contributed by atoms with Crippen molar-refractivity contribution in [1.82, 2.24) is 10.3 Å². The summed E-state index contributed by atoms with van der Waals surface area (Å²) >= 11 is 5.76. The van der Waals surface area contributed by atoms with Crippen molar-refractivity contribution < 1.29 is 9.90 Å². The molecule has 0 aliphatic heterocycles. The van der Waals surface area contributed by atoms with Crippen molar-refractivity contribution in [1.29, 1.82) is 0 Å². The van der Waals surface area contributed by atoms with Gasteiger partial charge in [-0.2, -0.15) is 0 Å². The third-order valence-electron chi connectivity index (χ3n) is 1.93. The number of hydrogen-bond acceptors (Lipinski definition) is 4. The minimum Gasteiger partial charge on any atom is -0.396 e. The van der Waals surface area contributed by atoms with Gasteiger partial charge in [0.15, 0.2) is 0 Å². The number of aromatic nitrogens is 1. The van der Waals surface area contributed by atoms with Crippen LogP contribution >= 0.6 is 11.6 Å². The number of amides is 1. The van der Waals surface area contributed by atoms with Crippen LogP contribution in [0.1, 0.15) is 16.8 Å². The predicted octanol–water partition coefficient (Wildman–Crippen LogP) is 0.889. The van der Waals surface area contributed by atoms with E-state index in [-0.39, 0.29) is 17.7 Å². The van der Waals surface area contributed by atoms with Gasteiger partial charge in [0.1, 0.15) is 11.0 Å². The van der Waals surface area contributed by atoms with Gasteiger partial charge in [0.25, 0.3) is 5.91 Å². The molecule has 0 saturated heterocycles. The summed E-state index contributed by atoms with van der Waals surface area (Å²) in [6.45, 7) is 0.489. The van der Waals surface area contributed by atoms with E-state index in [0.29, 0.717) is 24.3 Å². The van der Waals surface area contributed by atoms with E-state index in [1.807, 2.05) is 0 Å². The maximum atomic E-state index is 11.6. The monoisotopic (exact) mass is 243 g/mol. The molecule has 88 valence electrons. The molecule has 0 aliphatic rings. The van der Waals surface area contributed by atoms with Crippen molar-refractivity contribution in [2.45, 2.75) is 6.42 Å². The predicted molar refractivity (Wildman–Crippen MR) is 62.8 cm³/mol. The van der Waals surface area contributed by atoms with Crippen molar-refractivity contribution in [3.63, 3.8) is 0 Å². The fourth-order valence-corrected chi connectivity index (χ4v) is 1.35. The zero-order valence-corrected chi connectivity index (χ0v) is 9.71. The molecule has 0 bridgehead atoms. The Labute approximate surface area is 98.8 Å². The normalized spacial score (nSPS) is 9.94. The molecule has 1 heterocycles. The smallest absolute Gasteiger partial charge is 0.251 e. The lowest BCUT2D eigenvalue weighted by Gasteiger charge is -2.06. The topological polar surface area (TPSA) is 74.2 Å². The first-order valence-electron chi connectivity index (χ1n) is 4.91. The van der Waals surface area contributed by atoms with E-state index in [9.17, 15) is 4.79 Å². The average molecular weight is 244 g/mol. The van der Waals surface area contributed by atoms with Crippen LogP contribution in [-0.2, 0) is 0 Å². The van der Waals surface area contributed by atoms with Gasteiger partial charge in [-0.05, 0) is 18.6 Å². The average Bonchev–Trinajstić information content (AvgIpc) is 2.28. The second-order valence-electron chi connectivity index (χ2n) is 3.15. The highest BCUT2D eigenvalue weighted by Gasteiger charge is 2.07. The standard InChI is InChI=1S/C10H14ClN3O2/c1-12-9-6-7(5-8(11)14-9)10(16)13-3-2-4-15/h5-6,15H,2-4H2,1H3,(H,12,14)(H,13,16). The number of nitrogens with zero attached hydrogens (tertiary/aromatic N) is 1. The molecule has 3 N–H and O–H groups in total. The number of rotatable bonds is 5. The second kappa shape index (κ2) is 6.30. The number of aliphatic hydroxyl groups excluding tert-OH is 1. The van der Waals surface area contributed by atoms with E-state index in [1.54, 1.807) is 13.1 Å². The highest BCUT2D eigenvalue weighted by atomic mass is 35.5. The number of pyridine rings is 1. The van der Waals surface area contributed by atoms with Crippen LogP contribution in [0.25, 0.3) is 0 Å². The number of carbonyl (C=O) groups excluding carboxylic acids is 1. The van der Waals surface area contributed by atoms with Crippen molar-refractivity contribution in [2.75, 3.05) is 25.5 Å². The quantitative estimate of drug-likeness (QED) is 0.530. The molecular weight excluding hydrogens is 230 g/mol. The highest BCUT2D eigenvalue weighted by Crippen LogP contribution is 2.13. The molecule has 6 heteroatoms. The first-order valence-corrected chi connectivity index (χ1v) is 5.29. The lowest BCUT2D eigenvalue weighted by Crippen LogP contribution is -2.25. The lowest BCUT2D eigenvalue weighted by atomic mass is 10.2. The summed E-state index contributed by atoms with van der Waals surface area (Å²) in [6, 6.07) is 3.11. The molecule has 0 aliphatic carbocycles. The van der Waals surface area contributed by atoms with Crippen molar-refractivity contribution >= 4 is 23.3 Å². The van der Waals surface area contributed by atoms with Gasteiger partial charge in [-0.1, -0.05) is 11.6 Å². The Kier molecular flexibility index (Phi) is 5.01. The zero-order valence-electron chi connectivity index (χ0n) is 8.96. The third-order valence-corrected chi connectivity index (χ3v) is 2.13. The second-order valence-corrected chi connectivity index (χ2v) is 3.53. The molecule has 0 aromatic carbocycles. The Morgan fingerprint density at radius 1 is 1.56 bits per heavy atom. The van der Waals surface area contributed by atoms with Crippen LogP contribution in [0.2, 0.25) is 5.15 Å². The van der Waals surface area contributed by atoms with Crippen LogP contribution < -0.4 is 10.6 Å². The molecule has 0 radical (unpaired) electrons. The molecule has 0 spiro atoms. The first kappa shape index (κ1) is 12.7. The molecule has 0 atom stereocenters. The molecule has 1 aromatic rings. The van der Waals surface area contributed by atoms with Crippen LogP contribution in [0, 0.1) is 0 Å². The summed E-state index contributed by atoms with van der Waals surface area (Å²) < 4.78 is 0. The van der Waals surface area contributed by atoms with Gasteiger partial charge in [0.05, 0.1) is 0 Å². The van der Waals surface area contributed by atoms with E-state index < -0.39 is 0 Å². The van der Waals surface area contributed by atoms with Gasteiger partial charge in [-0.25, -0.2) is 4.98 Å². The van der Waals surface area contributed by atoms with Crippen molar-refractivity contribution in [3.8, 4) is 0 Å². The molecule has 5 nitrogen and oxygen atoms in total. The van der Waals surface area contributed by atoms with E-state index in [4.69, 9.17) is 16.7 Å². The third kappa shape index (κ3) is 3.67. The van der Waals surface area contributed by atoms with E-state index in [0.717, 1.165) is 0 Å². The molecule has 16 heavy (non-hydrogen) atoms. The summed E-state index contributed by atoms with van der Waals surface area (Å²) in [5.74, 6) is 0.314. The van der Waals surface area contributed by atoms with Crippen molar-refractivity contribution in [2.24, 2.45) is 0 Å². The highest BCUT2D eigenvalue weighted by molar-refractivity contribution is 6.29. The van der Waals surface area contributed by atoms with Crippen LogP contribution in [0.5, 0.6) is 0 Å². The maximum absolute atomic E-state index is 11.6. The first-order chi connectivity index (χ1) is 7.67. The van der Waals surface area contributed by atoms with Gasteiger partial charge in [-0.15, -0.1) is 0 Å². The SMILES string of the molecule is CNc1cc(C(=O)NCCCO)cc(Cl)n1. The summed E-state index contributed by atoms with van der Waals surface area (Å²) in [5, 5.41) is 14.3. The molecule has 1 amide bonds. The fourth-order valence-electron chi connectivity index (χ4n) is 1.14. The van der Waals surface area contributed by atoms with Crippen LogP contribution in [-0.4, -0.2) is 36.2 Å². The number of nitrogens with one attached hydrogen (secondary N) is 2. The Hall–Kier alpha value is -1.33. The summed E-state index contributed by atoms with van der Waals surface area (Å²) in [7, 11) is 1.70. The number of halogens is 1. The van der Waals surface area contributed by atoms with E-state index in [2.05, 4.69) is 15.6 Å². The number of carbonyl (C=O) groups is 1. The van der Waals surface area contributed by atoms with Gasteiger partial charge in [-0.3, -0.25) is 4.79 Å². The van der Waals surface area contributed by atoms with E-state index >= 15 is 0 Å². The molecule has 0 saturated carbocycles. The largest absolute Gasteiger partial charge is 0.396 e. The van der Waals surface area contributed by atoms with Crippen LogP contribution in [0.15, 0.2) is 12.1 Å². The molecular formula is C10H14ClN3O2. The Bertz CT molecular complexity index is 371. The Balaban J connectivity index is 2.71. The fraction of sp³-hybridized carbons (Fsp3) is 0.400. The number of anilines is 1. The molecule has 0 fully saturated rings. The minimum absolute atomic E-state index is 0.0547. The Morgan fingerprint density at radius 3 is 2.94 bits per heavy atom. The number of hydrogen-bond donors (Lipinski definition) is 3. The zero-order chi connectivity index (χ0) is 12.0. The van der Waals surface area contributed by atoms with Crippen LogP contribution in [0.4, 0.5) is 5.82 Å². The van der Waals surface area contributed by atoms with Gasteiger partial charge in [0.2, 0.25) is 0 Å². The Morgan fingerprint density at radius 2 is 2.31 bits per heavy atom. The molecule has 0 unspecified atom stereocenters. The van der Waals surface area contributed by atoms with E-state index in [1.165, 1.54) is 6.07 Å². The van der Waals surface area contributed by atoms with Gasteiger partial charge >= 0.3 is 0 Å². The van der Waals surface area contributed by atoms with Crippen molar-refractivity contribution in [3.05, 3.63) is 22.8 Å². The maximum Gasteiger partial charge on any atom is 0.251 e. The van der Waals surface area contributed by atoms with Gasteiger partial charge < -0.3 is 15.7 Å².